The van der Waals surface area contributed by atoms with Gasteiger partial charge in [-0.05, 0) is 6.92 Å². The highest BCUT2D eigenvalue weighted by molar-refractivity contribution is 5.75. The van der Waals surface area contributed by atoms with E-state index in [1.165, 1.54) is 13.8 Å². The van der Waals surface area contributed by atoms with Gasteiger partial charge in [-0.1, -0.05) is 0 Å². The van der Waals surface area contributed by atoms with Gasteiger partial charge < -0.3 is 23.7 Å². The molecule has 0 aromatic rings. The molecule has 0 aromatic carbocycles. The maximum atomic E-state index is 11.5. The topological polar surface area (TPSA) is 135 Å². The molecule has 0 rings (SSSR count). The molecule has 0 heterocycles. The molecular formula is C17H27NO10. The molecule has 0 N–H and O–H groups in total. The van der Waals surface area contributed by atoms with Gasteiger partial charge in [0.25, 0.3) is 0 Å². The third-order valence-electron chi connectivity index (χ3n) is 3.07. The van der Waals surface area contributed by atoms with Crippen LogP contribution in [0, 0.1) is 0 Å². The summed E-state index contributed by atoms with van der Waals surface area (Å²) < 4.78 is 23.7. The molecule has 28 heavy (non-hydrogen) atoms. The zero-order valence-corrected chi connectivity index (χ0v) is 16.4. The number of nitrogens with zero attached hydrogens (tertiary/aromatic N) is 1. The first kappa shape index (κ1) is 25.3. The largest absolute Gasteiger partial charge is 0.466 e. The number of ether oxygens (including phenoxy) is 5. The summed E-state index contributed by atoms with van der Waals surface area (Å²) in [6.07, 6.45) is 0.108. The summed E-state index contributed by atoms with van der Waals surface area (Å²) in [5.74, 6) is -2.97. The Kier molecular flexibility index (Phi) is 13.9. The van der Waals surface area contributed by atoms with Crippen LogP contribution in [0.5, 0.6) is 0 Å². The molecule has 0 aliphatic rings. The number of carbonyl (C=O) groups excluding carboxylic acids is 5. The molecule has 11 nitrogen and oxygen atoms in total. The van der Waals surface area contributed by atoms with Gasteiger partial charge in [-0.25, -0.2) is 9.59 Å². The fourth-order valence-electron chi connectivity index (χ4n) is 1.80. The van der Waals surface area contributed by atoms with E-state index in [1.54, 1.807) is 11.8 Å². The molecule has 0 bridgehead atoms. The van der Waals surface area contributed by atoms with Crippen molar-refractivity contribution in [2.75, 3.05) is 52.7 Å². The number of rotatable bonds is 14. The second kappa shape index (κ2) is 15.4. The lowest BCUT2D eigenvalue weighted by atomic mass is 10.3. The smallest absolute Gasteiger partial charge is 0.344 e. The molecule has 0 fully saturated rings. The van der Waals surface area contributed by atoms with E-state index in [2.05, 4.69) is 9.47 Å². The van der Waals surface area contributed by atoms with Crippen molar-refractivity contribution in [2.24, 2.45) is 0 Å². The Bertz CT molecular complexity index is 498. The molecular weight excluding hydrogens is 378 g/mol. The zero-order chi connectivity index (χ0) is 21.4. The SMILES string of the molecule is CCOC(=O)CCN(CCOC(=O)COC(C)=O)CCOC(=O)COC(C)=O. The van der Waals surface area contributed by atoms with Crippen molar-refractivity contribution >= 4 is 29.8 Å². The molecule has 0 atom stereocenters. The lowest BCUT2D eigenvalue weighted by molar-refractivity contribution is -0.158. The Morgan fingerprint density at radius 2 is 1.11 bits per heavy atom. The maximum Gasteiger partial charge on any atom is 0.344 e. The Balaban J connectivity index is 4.31. The van der Waals surface area contributed by atoms with E-state index < -0.39 is 37.1 Å². The molecule has 0 radical (unpaired) electrons. The molecule has 0 saturated heterocycles. The van der Waals surface area contributed by atoms with Gasteiger partial charge in [0.05, 0.1) is 13.0 Å². The molecule has 0 saturated carbocycles. The quantitative estimate of drug-likeness (QED) is 0.272. The predicted molar refractivity (Wildman–Crippen MR) is 92.9 cm³/mol. The summed E-state index contributed by atoms with van der Waals surface area (Å²) in [7, 11) is 0. The molecule has 0 aromatic heterocycles. The van der Waals surface area contributed by atoms with Gasteiger partial charge in [0, 0.05) is 33.5 Å². The van der Waals surface area contributed by atoms with Gasteiger partial charge in [-0.15, -0.1) is 0 Å². The normalized spacial score (nSPS) is 10.1. The van der Waals surface area contributed by atoms with E-state index in [4.69, 9.17) is 14.2 Å². The third kappa shape index (κ3) is 15.6. The van der Waals surface area contributed by atoms with Gasteiger partial charge in [-0.3, -0.25) is 19.3 Å². The molecule has 0 amide bonds. The predicted octanol–water partition coefficient (Wildman–Crippen LogP) is -0.546. The van der Waals surface area contributed by atoms with Crippen molar-refractivity contribution in [3.63, 3.8) is 0 Å². The minimum absolute atomic E-state index is 0.00961. The number of carbonyl (C=O) groups is 5. The van der Waals surface area contributed by atoms with Crippen LogP contribution in [0.25, 0.3) is 0 Å². The fourth-order valence-corrected chi connectivity index (χ4v) is 1.80. The summed E-state index contributed by atoms with van der Waals surface area (Å²) >= 11 is 0. The number of esters is 5. The number of hydrogen-bond donors (Lipinski definition) is 0. The third-order valence-corrected chi connectivity index (χ3v) is 3.07. The van der Waals surface area contributed by atoms with Crippen molar-refractivity contribution in [2.45, 2.75) is 27.2 Å². The van der Waals surface area contributed by atoms with Gasteiger partial charge in [0.15, 0.2) is 13.2 Å². The Morgan fingerprint density at radius 3 is 1.50 bits per heavy atom. The minimum Gasteiger partial charge on any atom is -0.466 e. The average molecular weight is 405 g/mol. The van der Waals surface area contributed by atoms with Crippen LogP contribution in [0.2, 0.25) is 0 Å². The first-order valence-corrected chi connectivity index (χ1v) is 8.70. The van der Waals surface area contributed by atoms with Crippen molar-refractivity contribution in [1.29, 1.82) is 0 Å². The lowest BCUT2D eigenvalue weighted by Gasteiger charge is -2.21. The first-order valence-electron chi connectivity index (χ1n) is 8.70. The second-order valence-electron chi connectivity index (χ2n) is 5.40. The van der Waals surface area contributed by atoms with E-state index in [-0.39, 0.29) is 45.3 Å². The summed E-state index contributed by atoms with van der Waals surface area (Å²) in [4.78, 5) is 57.3. The highest BCUT2D eigenvalue weighted by Crippen LogP contribution is 1.97. The monoisotopic (exact) mass is 405 g/mol. The van der Waals surface area contributed by atoms with Crippen LogP contribution in [0.1, 0.15) is 27.2 Å². The van der Waals surface area contributed by atoms with Gasteiger partial charge in [-0.2, -0.15) is 0 Å². The lowest BCUT2D eigenvalue weighted by Crippen LogP contribution is -2.34. The van der Waals surface area contributed by atoms with Crippen LogP contribution in [0.3, 0.4) is 0 Å². The van der Waals surface area contributed by atoms with Crippen LogP contribution >= 0.6 is 0 Å². The highest BCUT2D eigenvalue weighted by Gasteiger charge is 2.13. The fraction of sp³-hybridized carbons (Fsp3) is 0.706. The second-order valence-corrected chi connectivity index (χ2v) is 5.40. The Labute approximate surface area is 163 Å². The van der Waals surface area contributed by atoms with Crippen molar-refractivity contribution in [1.82, 2.24) is 4.90 Å². The van der Waals surface area contributed by atoms with Gasteiger partial charge in [0.1, 0.15) is 13.2 Å². The van der Waals surface area contributed by atoms with E-state index in [9.17, 15) is 24.0 Å². The average Bonchev–Trinajstić information content (AvgIpc) is 2.62. The van der Waals surface area contributed by atoms with E-state index in [0.29, 0.717) is 6.54 Å². The van der Waals surface area contributed by atoms with Crippen LogP contribution in [-0.2, 0) is 47.7 Å². The molecule has 11 heteroatoms. The van der Waals surface area contributed by atoms with E-state index in [1.807, 2.05) is 0 Å². The summed E-state index contributed by atoms with van der Waals surface area (Å²) in [6.45, 7) is 4.13. The van der Waals surface area contributed by atoms with Crippen molar-refractivity contribution in [3.8, 4) is 0 Å². The standard InChI is InChI=1S/C17H27NO10/c1-4-24-15(21)5-6-18(7-9-25-16(22)11-27-13(2)19)8-10-26-17(23)12-28-14(3)20/h4-12H2,1-3H3. The van der Waals surface area contributed by atoms with Crippen LogP contribution in [0.15, 0.2) is 0 Å². The van der Waals surface area contributed by atoms with Crippen LogP contribution in [-0.4, -0.2) is 87.4 Å². The first-order chi connectivity index (χ1) is 13.2. The molecule has 0 unspecified atom stereocenters. The molecule has 0 spiro atoms. The summed E-state index contributed by atoms with van der Waals surface area (Å²) in [5, 5.41) is 0. The van der Waals surface area contributed by atoms with Crippen molar-refractivity contribution < 1.29 is 47.7 Å². The molecule has 0 aliphatic carbocycles. The van der Waals surface area contributed by atoms with E-state index >= 15 is 0 Å². The van der Waals surface area contributed by atoms with Gasteiger partial charge >= 0.3 is 29.8 Å². The van der Waals surface area contributed by atoms with Crippen LogP contribution in [0.4, 0.5) is 0 Å². The Morgan fingerprint density at radius 1 is 0.643 bits per heavy atom. The zero-order valence-electron chi connectivity index (χ0n) is 16.4. The summed E-state index contributed by atoms with van der Waals surface area (Å²) in [6, 6.07) is 0. The highest BCUT2D eigenvalue weighted by atomic mass is 16.6. The van der Waals surface area contributed by atoms with Gasteiger partial charge in [0.2, 0.25) is 0 Å². The van der Waals surface area contributed by atoms with E-state index in [0.717, 1.165) is 0 Å². The molecule has 0 aliphatic heterocycles. The maximum absolute atomic E-state index is 11.5. The molecule has 160 valence electrons. The Hall–Kier alpha value is -2.69. The van der Waals surface area contributed by atoms with Crippen LogP contribution < -0.4 is 0 Å². The van der Waals surface area contributed by atoms with Crippen molar-refractivity contribution in [3.05, 3.63) is 0 Å². The minimum atomic E-state index is -0.701. The summed E-state index contributed by atoms with van der Waals surface area (Å²) in [5.41, 5.74) is 0. The number of hydrogen-bond acceptors (Lipinski definition) is 11.